The van der Waals surface area contributed by atoms with Crippen LogP contribution in [0.5, 0.6) is 5.75 Å². The number of nitrogens with zero attached hydrogens (tertiary/aromatic N) is 2. The van der Waals surface area contributed by atoms with E-state index in [1.807, 2.05) is 24.7 Å². The van der Waals surface area contributed by atoms with Crippen molar-refractivity contribution in [2.45, 2.75) is 26.4 Å². The highest BCUT2D eigenvalue weighted by atomic mass is 35.5. The van der Waals surface area contributed by atoms with E-state index in [9.17, 15) is 0 Å². The van der Waals surface area contributed by atoms with E-state index in [0.29, 0.717) is 5.02 Å². The van der Waals surface area contributed by atoms with Gasteiger partial charge in [0.05, 0.1) is 30.1 Å². The van der Waals surface area contributed by atoms with Gasteiger partial charge in [-0.25, -0.2) is 0 Å². The van der Waals surface area contributed by atoms with Crippen molar-refractivity contribution in [3.8, 4) is 5.75 Å². The summed E-state index contributed by atoms with van der Waals surface area (Å²) in [5, 5.41) is 8.28. The fraction of sp³-hybridized carbons (Fsp3) is 0.400. The van der Waals surface area contributed by atoms with E-state index in [2.05, 4.69) is 29.5 Å². The summed E-state index contributed by atoms with van der Waals surface area (Å²) >= 11 is 6.30. The second kappa shape index (κ2) is 6.29. The topological polar surface area (TPSA) is 39.1 Å². The lowest BCUT2D eigenvalue weighted by Crippen LogP contribution is -2.22. The van der Waals surface area contributed by atoms with Crippen molar-refractivity contribution in [2.24, 2.45) is 0 Å². The van der Waals surface area contributed by atoms with E-state index >= 15 is 0 Å². The predicted octanol–water partition coefficient (Wildman–Crippen LogP) is 3.18. The lowest BCUT2D eigenvalue weighted by molar-refractivity contribution is 0.410. The van der Waals surface area contributed by atoms with Crippen LogP contribution in [0.25, 0.3) is 0 Å². The van der Waals surface area contributed by atoms with E-state index in [1.54, 1.807) is 13.3 Å². The van der Waals surface area contributed by atoms with Crippen LogP contribution >= 0.6 is 11.6 Å². The molecule has 0 aliphatic rings. The summed E-state index contributed by atoms with van der Waals surface area (Å²) in [5.74, 6) is 0.876. The molecule has 20 heavy (non-hydrogen) atoms. The Morgan fingerprint density at radius 1 is 1.45 bits per heavy atom. The summed E-state index contributed by atoms with van der Waals surface area (Å²) in [6, 6.07) is 6.17. The number of aryl methyl sites for hydroxylation is 2. The Hall–Kier alpha value is -1.52. The summed E-state index contributed by atoms with van der Waals surface area (Å²) in [6.45, 7) is 4.86. The molecule has 5 heteroatoms. The molecule has 0 saturated heterocycles. The molecule has 2 aromatic rings. The first-order valence-electron chi connectivity index (χ1n) is 6.65. The van der Waals surface area contributed by atoms with Gasteiger partial charge < -0.3 is 10.1 Å². The minimum absolute atomic E-state index is 0.0144. The Morgan fingerprint density at radius 3 is 2.80 bits per heavy atom. The van der Waals surface area contributed by atoms with Crippen molar-refractivity contribution < 1.29 is 4.74 Å². The molecule has 0 radical (unpaired) electrons. The van der Waals surface area contributed by atoms with E-state index in [1.165, 1.54) is 0 Å². The molecule has 1 N–H and O–H groups in total. The summed E-state index contributed by atoms with van der Waals surface area (Å²) in [6.07, 6.45) is 1.69. The van der Waals surface area contributed by atoms with Crippen LogP contribution in [0, 0.1) is 6.92 Å². The molecule has 0 bridgehead atoms. The predicted molar refractivity (Wildman–Crippen MR) is 81.5 cm³/mol. The number of aromatic nitrogens is 2. The molecule has 0 saturated carbocycles. The molecule has 1 atom stereocenters. The Bertz CT molecular complexity index is 595. The van der Waals surface area contributed by atoms with Crippen LogP contribution in [-0.4, -0.2) is 23.9 Å². The zero-order valence-electron chi connectivity index (χ0n) is 12.3. The molecule has 108 valence electrons. The third kappa shape index (κ3) is 2.67. The van der Waals surface area contributed by atoms with Gasteiger partial charge in [-0.2, -0.15) is 5.10 Å². The molecular weight excluding hydrogens is 274 g/mol. The van der Waals surface area contributed by atoms with Crippen LogP contribution in [-0.2, 0) is 6.54 Å². The molecular formula is C15H20ClN3O. The highest BCUT2D eigenvalue weighted by molar-refractivity contribution is 6.31. The summed E-state index contributed by atoms with van der Waals surface area (Å²) in [4.78, 5) is 0. The maximum absolute atomic E-state index is 6.30. The van der Waals surface area contributed by atoms with E-state index in [4.69, 9.17) is 16.3 Å². The zero-order valence-corrected chi connectivity index (χ0v) is 13.0. The van der Waals surface area contributed by atoms with Crippen LogP contribution < -0.4 is 10.1 Å². The van der Waals surface area contributed by atoms with Gasteiger partial charge >= 0.3 is 0 Å². The van der Waals surface area contributed by atoms with Crippen molar-refractivity contribution in [1.29, 1.82) is 0 Å². The van der Waals surface area contributed by atoms with E-state index in [0.717, 1.165) is 29.1 Å². The third-order valence-electron chi connectivity index (χ3n) is 3.46. The smallest absolute Gasteiger partial charge is 0.122 e. The molecule has 1 aromatic carbocycles. The molecule has 1 aromatic heterocycles. The molecule has 0 fully saturated rings. The van der Waals surface area contributed by atoms with Crippen LogP contribution in [0.15, 0.2) is 24.4 Å². The molecule has 4 nitrogen and oxygen atoms in total. The Balaban J connectivity index is 2.49. The van der Waals surface area contributed by atoms with Gasteiger partial charge in [0, 0.05) is 6.54 Å². The molecule has 0 aliphatic heterocycles. The van der Waals surface area contributed by atoms with E-state index < -0.39 is 0 Å². The summed E-state index contributed by atoms with van der Waals surface area (Å²) < 4.78 is 7.31. The molecule has 0 amide bonds. The van der Waals surface area contributed by atoms with Crippen LogP contribution in [0.4, 0.5) is 0 Å². The first kappa shape index (κ1) is 14.9. The first-order chi connectivity index (χ1) is 9.62. The summed E-state index contributed by atoms with van der Waals surface area (Å²) in [7, 11) is 3.60. The highest BCUT2D eigenvalue weighted by Gasteiger charge is 2.21. The lowest BCUT2D eigenvalue weighted by Gasteiger charge is -2.20. The van der Waals surface area contributed by atoms with Gasteiger partial charge in [0.15, 0.2) is 0 Å². The van der Waals surface area contributed by atoms with Crippen molar-refractivity contribution in [3.63, 3.8) is 0 Å². The molecule has 0 aliphatic carbocycles. The standard InChI is InChI=1S/C15H20ClN3O/c1-5-19-15(12(16)9-18-19)14(17-3)11-7-6-10(2)13(8-11)20-4/h6-9,14,17H,5H2,1-4H3. The van der Waals surface area contributed by atoms with Gasteiger partial charge in [-0.3, -0.25) is 4.68 Å². The number of benzene rings is 1. The van der Waals surface area contributed by atoms with Crippen LogP contribution in [0.2, 0.25) is 5.02 Å². The molecule has 1 heterocycles. The number of nitrogens with one attached hydrogen (secondary N) is 1. The van der Waals surface area contributed by atoms with Crippen LogP contribution in [0.1, 0.15) is 29.8 Å². The minimum Gasteiger partial charge on any atom is -0.496 e. The fourth-order valence-corrected chi connectivity index (χ4v) is 2.64. The largest absolute Gasteiger partial charge is 0.496 e. The second-order valence-electron chi connectivity index (χ2n) is 4.64. The average Bonchev–Trinajstić information content (AvgIpc) is 2.83. The maximum atomic E-state index is 6.30. The first-order valence-corrected chi connectivity index (χ1v) is 7.03. The van der Waals surface area contributed by atoms with Crippen LogP contribution in [0.3, 0.4) is 0 Å². The lowest BCUT2D eigenvalue weighted by atomic mass is 10.0. The highest BCUT2D eigenvalue weighted by Crippen LogP contribution is 2.31. The SMILES string of the molecule is CCn1ncc(Cl)c1C(NC)c1ccc(C)c(OC)c1. The normalized spacial score (nSPS) is 12.4. The van der Waals surface area contributed by atoms with Gasteiger partial charge in [0.1, 0.15) is 5.75 Å². The second-order valence-corrected chi connectivity index (χ2v) is 5.05. The number of halogens is 1. The van der Waals surface area contributed by atoms with Crippen molar-refractivity contribution >= 4 is 11.6 Å². The Morgan fingerprint density at radius 2 is 2.20 bits per heavy atom. The van der Waals surface area contributed by atoms with Crippen molar-refractivity contribution in [2.75, 3.05) is 14.2 Å². The summed E-state index contributed by atoms with van der Waals surface area (Å²) in [5.41, 5.74) is 3.19. The maximum Gasteiger partial charge on any atom is 0.122 e. The van der Waals surface area contributed by atoms with Gasteiger partial charge in [-0.1, -0.05) is 23.7 Å². The van der Waals surface area contributed by atoms with Gasteiger partial charge in [0.25, 0.3) is 0 Å². The van der Waals surface area contributed by atoms with Gasteiger partial charge in [-0.15, -0.1) is 0 Å². The number of ether oxygens (including phenoxy) is 1. The average molecular weight is 294 g/mol. The van der Waals surface area contributed by atoms with Crippen molar-refractivity contribution in [3.05, 3.63) is 46.2 Å². The Kier molecular flexibility index (Phi) is 4.68. The zero-order chi connectivity index (χ0) is 14.7. The Labute approximate surface area is 124 Å². The third-order valence-corrected chi connectivity index (χ3v) is 3.75. The fourth-order valence-electron chi connectivity index (χ4n) is 2.39. The monoisotopic (exact) mass is 293 g/mol. The molecule has 2 rings (SSSR count). The van der Waals surface area contributed by atoms with Gasteiger partial charge in [-0.05, 0) is 38.1 Å². The molecule has 0 spiro atoms. The van der Waals surface area contributed by atoms with E-state index in [-0.39, 0.29) is 6.04 Å². The quantitative estimate of drug-likeness (QED) is 0.920. The molecule has 1 unspecified atom stereocenters. The minimum atomic E-state index is -0.0144. The number of hydrogen-bond donors (Lipinski definition) is 1. The number of rotatable bonds is 5. The number of methoxy groups -OCH3 is 1. The van der Waals surface area contributed by atoms with Crippen molar-refractivity contribution in [1.82, 2.24) is 15.1 Å². The van der Waals surface area contributed by atoms with Gasteiger partial charge in [0.2, 0.25) is 0 Å². The number of hydrogen-bond acceptors (Lipinski definition) is 3.